The van der Waals surface area contributed by atoms with E-state index in [9.17, 15) is 5.11 Å². The molecule has 2 nitrogen and oxygen atoms in total. The predicted molar refractivity (Wildman–Crippen MR) is 81.7 cm³/mol. The Morgan fingerprint density at radius 3 is 2.30 bits per heavy atom. The lowest BCUT2D eigenvalue weighted by Gasteiger charge is -2.13. The summed E-state index contributed by atoms with van der Waals surface area (Å²) in [5, 5.41) is 11.2. The monoisotopic (exact) mass is 283 g/mol. The summed E-state index contributed by atoms with van der Waals surface area (Å²) in [7, 11) is 0. The van der Waals surface area contributed by atoms with Gasteiger partial charge in [-0.25, -0.2) is 0 Å². The van der Waals surface area contributed by atoms with Crippen LogP contribution in [0.25, 0.3) is 11.1 Å². The molecule has 3 aromatic rings. The van der Waals surface area contributed by atoms with E-state index in [-0.39, 0.29) is 0 Å². The minimum atomic E-state index is -0.672. The minimum absolute atomic E-state index is 0.672. The molecule has 0 unspecified atom stereocenters. The number of aromatic amines is 1. The fourth-order valence-electron chi connectivity index (χ4n) is 2.33. The second-order valence-electron chi connectivity index (χ2n) is 4.62. The first-order valence-corrected chi connectivity index (χ1v) is 6.80. The lowest BCUT2D eigenvalue weighted by Crippen LogP contribution is -1.99. The molecule has 1 heterocycles. The van der Waals surface area contributed by atoms with Crippen molar-refractivity contribution in [3.8, 4) is 11.1 Å². The van der Waals surface area contributed by atoms with Crippen molar-refractivity contribution in [3.63, 3.8) is 0 Å². The van der Waals surface area contributed by atoms with Gasteiger partial charge in [-0.05, 0) is 11.6 Å². The lowest BCUT2D eigenvalue weighted by molar-refractivity contribution is 0.221. The van der Waals surface area contributed by atoms with Crippen molar-refractivity contribution < 1.29 is 5.11 Å². The van der Waals surface area contributed by atoms with Gasteiger partial charge in [0.1, 0.15) is 6.10 Å². The minimum Gasteiger partial charge on any atom is -0.384 e. The zero-order valence-corrected chi connectivity index (χ0v) is 11.5. The van der Waals surface area contributed by atoms with Gasteiger partial charge in [0.25, 0.3) is 0 Å². The van der Waals surface area contributed by atoms with E-state index in [2.05, 4.69) is 4.98 Å². The van der Waals surface area contributed by atoms with E-state index in [4.69, 9.17) is 11.6 Å². The fourth-order valence-corrected chi connectivity index (χ4v) is 2.57. The normalized spacial score (nSPS) is 12.3. The van der Waals surface area contributed by atoms with Crippen LogP contribution in [0.15, 0.2) is 67.0 Å². The Morgan fingerprint density at radius 1 is 0.850 bits per heavy atom. The van der Waals surface area contributed by atoms with Crippen molar-refractivity contribution in [2.45, 2.75) is 6.10 Å². The Kier molecular flexibility index (Phi) is 3.59. The topological polar surface area (TPSA) is 36.0 Å². The molecule has 0 aliphatic heterocycles. The Labute approximate surface area is 122 Å². The highest BCUT2D eigenvalue weighted by Crippen LogP contribution is 2.35. The van der Waals surface area contributed by atoms with Crippen LogP contribution in [0.5, 0.6) is 0 Å². The van der Waals surface area contributed by atoms with Crippen molar-refractivity contribution >= 4 is 11.6 Å². The van der Waals surface area contributed by atoms with Gasteiger partial charge in [-0.1, -0.05) is 60.1 Å². The molecule has 0 aliphatic carbocycles. The molecule has 20 heavy (non-hydrogen) atoms. The molecule has 0 fully saturated rings. The predicted octanol–water partition coefficient (Wildman–Crippen LogP) is 4.42. The van der Waals surface area contributed by atoms with Crippen LogP contribution in [0, 0.1) is 0 Å². The summed E-state index contributed by atoms with van der Waals surface area (Å²) in [5.41, 5.74) is 3.53. The van der Waals surface area contributed by atoms with Crippen LogP contribution in [0.1, 0.15) is 17.2 Å². The summed E-state index contributed by atoms with van der Waals surface area (Å²) < 4.78 is 0. The van der Waals surface area contributed by atoms with Gasteiger partial charge < -0.3 is 10.1 Å². The van der Waals surface area contributed by atoms with Crippen LogP contribution in [0.4, 0.5) is 0 Å². The number of nitrogens with one attached hydrogen (secondary N) is 1. The van der Waals surface area contributed by atoms with Crippen LogP contribution in [0.2, 0.25) is 5.02 Å². The average Bonchev–Trinajstić information content (AvgIpc) is 2.97. The number of H-pyrrole nitrogens is 1. The Hall–Kier alpha value is -2.03. The van der Waals surface area contributed by atoms with E-state index in [0.29, 0.717) is 5.02 Å². The van der Waals surface area contributed by atoms with Gasteiger partial charge in [0.05, 0.1) is 0 Å². The SMILES string of the molecule is O[C@H](c1ccccc1)c1c[nH]cc1-c1ccccc1Cl. The zero-order chi connectivity index (χ0) is 13.9. The van der Waals surface area contributed by atoms with E-state index >= 15 is 0 Å². The van der Waals surface area contributed by atoms with Crippen molar-refractivity contribution in [2.75, 3.05) is 0 Å². The van der Waals surface area contributed by atoms with E-state index in [0.717, 1.165) is 22.3 Å². The number of halogens is 1. The third-order valence-corrected chi connectivity index (χ3v) is 3.68. The molecule has 2 N–H and O–H groups in total. The number of hydrogen-bond acceptors (Lipinski definition) is 1. The standard InChI is InChI=1S/C17H14ClNO/c18-16-9-5-4-8-13(16)14-10-19-11-15(14)17(20)12-6-2-1-3-7-12/h1-11,17,19-20H/t17-/m1/s1. The second kappa shape index (κ2) is 5.53. The molecule has 0 spiro atoms. The molecule has 100 valence electrons. The van der Waals surface area contributed by atoms with Gasteiger partial charge in [0.15, 0.2) is 0 Å². The molecule has 0 amide bonds. The van der Waals surface area contributed by atoms with Gasteiger partial charge in [-0.3, -0.25) is 0 Å². The molecule has 0 bridgehead atoms. The number of aliphatic hydroxyl groups excluding tert-OH is 1. The van der Waals surface area contributed by atoms with Gasteiger partial charge in [0.2, 0.25) is 0 Å². The van der Waals surface area contributed by atoms with Crippen molar-refractivity contribution in [1.29, 1.82) is 0 Å². The molecule has 1 atom stereocenters. The smallest absolute Gasteiger partial charge is 0.106 e. The number of benzene rings is 2. The molecule has 0 saturated heterocycles. The largest absolute Gasteiger partial charge is 0.384 e. The fraction of sp³-hybridized carbons (Fsp3) is 0.0588. The maximum atomic E-state index is 10.6. The first-order chi connectivity index (χ1) is 9.77. The van der Waals surface area contributed by atoms with Crippen molar-refractivity contribution in [1.82, 2.24) is 4.98 Å². The first kappa shape index (κ1) is 13.0. The van der Waals surface area contributed by atoms with Gasteiger partial charge in [-0.15, -0.1) is 0 Å². The van der Waals surface area contributed by atoms with Gasteiger partial charge in [0, 0.05) is 34.1 Å². The summed E-state index contributed by atoms with van der Waals surface area (Å²) in [6, 6.07) is 17.2. The molecular formula is C17H14ClNO. The molecule has 2 aromatic carbocycles. The van der Waals surface area contributed by atoms with E-state index in [1.165, 1.54) is 0 Å². The second-order valence-corrected chi connectivity index (χ2v) is 5.02. The van der Waals surface area contributed by atoms with Crippen molar-refractivity contribution in [3.05, 3.63) is 83.1 Å². The summed E-state index contributed by atoms with van der Waals surface area (Å²) in [6.45, 7) is 0. The number of aromatic nitrogens is 1. The van der Waals surface area contributed by atoms with Gasteiger partial charge >= 0.3 is 0 Å². The number of hydrogen-bond donors (Lipinski definition) is 2. The number of aliphatic hydroxyl groups is 1. The highest BCUT2D eigenvalue weighted by atomic mass is 35.5. The lowest BCUT2D eigenvalue weighted by atomic mass is 9.97. The quantitative estimate of drug-likeness (QED) is 0.733. The third-order valence-electron chi connectivity index (χ3n) is 3.35. The highest BCUT2D eigenvalue weighted by Gasteiger charge is 2.17. The van der Waals surface area contributed by atoms with E-state index < -0.39 is 6.10 Å². The summed E-state index contributed by atoms with van der Waals surface area (Å²) >= 11 is 6.24. The summed E-state index contributed by atoms with van der Waals surface area (Å²) in [6.07, 6.45) is 3.01. The van der Waals surface area contributed by atoms with Crippen LogP contribution < -0.4 is 0 Å². The van der Waals surface area contributed by atoms with Crippen molar-refractivity contribution in [2.24, 2.45) is 0 Å². The maximum Gasteiger partial charge on any atom is 0.106 e. The average molecular weight is 284 g/mol. The van der Waals surface area contributed by atoms with Gasteiger partial charge in [-0.2, -0.15) is 0 Å². The molecule has 0 aliphatic rings. The molecule has 0 radical (unpaired) electrons. The van der Waals surface area contributed by atoms with Crippen LogP contribution >= 0.6 is 11.6 Å². The highest BCUT2D eigenvalue weighted by molar-refractivity contribution is 6.33. The molecule has 1 aromatic heterocycles. The third kappa shape index (κ3) is 2.36. The Morgan fingerprint density at radius 2 is 1.55 bits per heavy atom. The number of rotatable bonds is 3. The Bertz CT molecular complexity index is 706. The Balaban J connectivity index is 2.05. The summed E-state index contributed by atoms with van der Waals surface area (Å²) in [5.74, 6) is 0. The molecular weight excluding hydrogens is 270 g/mol. The van der Waals surface area contributed by atoms with Crippen LogP contribution in [0.3, 0.4) is 0 Å². The maximum absolute atomic E-state index is 10.6. The van der Waals surface area contributed by atoms with Crippen LogP contribution in [-0.4, -0.2) is 10.1 Å². The van der Waals surface area contributed by atoms with E-state index in [1.807, 2.05) is 67.0 Å². The summed E-state index contributed by atoms with van der Waals surface area (Å²) in [4.78, 5) is 3.06. The van der Waals surface area contributed by atoms with E-state index in [1.54, 1.807) is 0 Å². The first-order valence-electron chi connectivity index (χ1n) is 6.42. The molecule has 3 heteroatoms. The molecule has 0 saturated carbocycles. The molecule has 3 rings (SSSR count). The van der Waals surface area contributed by atoms with Crippen LogP contribution in [-0.2, 0) is 0 Å². The zero-order valence-electron chi connectivity index (χ0n) is 10.8.